The number of piperazine rings is 1. The number of benzene rings is 1. The second-order valence-electron chi connectivity index (χ2n) is 7.82. The fourth-order valence-electron chi connectivity index (χ4n) is 3.87. The largest absolute Gasteiger partial charge is 0.492 e. The lowest BCUT2D eigenvalue weighted by atomic mass is 9.93. The monoisotopic (exact) mass is 508 g/mol. The Morgan fingerprint density at radius 1 is 1.23 bits per heavy atom. The minimum Gasteiger partial charge on any atom is -0.492 e. The number of rotatable bonds is 6. The van der Waals surface area contributed by atoms with Crippen LogP contribution in [0, 0.1) is 0 Å². The molecule has 7 nitrogen and oxygen atoms in total. The van der Waals surface area contributed by atoms with Crippen molar-refractivity contribution in [2.75, 3.05) is 45.6 Å². The molecule has 1 aromatic heterocycles. The molecule has 1 aromatic carbocycles. The number of ether oxygens (including phenoxy) is 1. The second-order valence-corrected chi connectivity index (χ2v) is 10.7. The Bertz CT molecular complexity index is 1180. The van der Waals surface area contributed by atoms with E-state index in [9.17, 15) is 13.2 Å². The summed E-state index contributed by atoms with van der Waals surface area (Å²) in [6.45, 7) is 3.56. The van der Waals surface area contributed by atoms with Crippen LogP contribution >= 0.6 is 15.9 Å². The van der Waals surface area contributed by atoms with Crippen molar-refractivity contribution >= 4 is 36.9 Å². The molecule has 0 radical (unpaired) electrons. The SMILES string of the molecule is CS(=O)(=O)N1CCN(CCOc2ccc3c(=O)c(C4C=CC(Br)=CC4)coc3c2)CC1. The van der Waals surface area contributed by atoms with E-state index in [1.807, 2.05) is 18.2 Å². The standard InChI is InChI=1S/C22H25BrN2O5S/c1-31(27,28)25-10-8-24(9-11-25)12-13-29-18-6-7-19-21(14-18)30-15-20(22(19)26)16-2-4-17(23)5-3-16/h2,4-7,14-16H,3,8-13H2,1H3. The van der Waals surface area contributed by atoms with Crippen LogP contribution < -0.4 is 10.2 Å². The van der Waals surface area contributed by atoms with Crippen LogP contribution in [-0.4, -0.2) is 63.2 Å². The third-order valence-electron chi connectivity index (χ3n) is 5.70. The van der Waals surface area contributed by atoms with Crippen molar-refractivity contribution in [3.63, 3.8) is 0 Å². The van der Waals surface area contributed by atoms with Gasteiger partial charge in [0.2, 0.25) is 10.0 Å². The molecule has 1 saturated heterocycles. The molecule has 2 heterocycles. The van der Waals surface area contributed by atoms with Crippen molar-refractivity contribution in [2.45, 2.75) is 12.3 Å². The maximum absolute atomic E-state index is 12.9. The van der Waals surface area contributed by atoms with Crippen molar-refractivity contribution < 1.29 is 17.6 Å². The molecule has 0 bridgehead atoms. The Morgan fingerprint density at radius 3 is 2.68 bits per heavy atom. The summed E-state index contributed by atoms with van der Waals surface area (Å²) in [5, 5.41) is 0.545. The minimum absolute atomic E-state index is 0.0149. The number of halogens is 1. The molecule has 9 heteroatoms. The zero-order valence-electron chi connectivity index (χ0n) is 17.3. The molecule has 1 unspecified atom stereocenters. The van der Waals surface area contributed by atoms with E-state index in [1.165, 1.54) is 10.6 Å². The lowest BCUT2D eigenvalue weighted by Crippen LogP contribution is -2.49. The van der Waals surface area contributed by atoms with E-state index < -0.39 is 10.0 Å². The molecule has 4 rings (SSSR count). The lowest BCUT2D eigenvalue weighted by molar-refractivity contribution is 0.159. The van der Waals surface area contributed by atoms with E-state index in [-0.39, 0.29) is 11.3 Å². The van der Waals surface area contributed by atoms with Crippen LogP contribution in [0.15, 0.2) is 56.4 Å². The molecule has 0 spiro atoms. The topological polar surface area (TPSA) is 80.1 Å². The fourth-order valence-corrected chi connectivity index (χ4v) is 5.04. The van der Waals surface area contributed by atoms with Gasteiger partial charge in [-0.15, -0.1) is 0 Å². The molecule has 0 amide bonds. The Kier molecular flexibility index (Phi) is 6.66. The lowest BCUT2D eigenvalue weighted by Gasteiger charge is -2.33. The normalized spacial score (nSPS) is 20.7. The molecule has 2 aliphatic rings. The zero-order chi connectivity index (χ0) is 22.0. The van der Waals surface area contributed by atoms with Gasteiger partial charge in [-0.1, -0.05) is 34.2 Å². The maximum atomic E-state index is 12.9. The second kappa shape index (κ2) is 9.28. The van der Waals surface area contributed by atoms with E-state index in [1.54, 1.807) is 24.5 Å². The molecule has 1 fully saturated rings. The number of hydrogen-bond donors (Lipinski definition) is 0. The quantitative estimate of drug-likeness (QED) is 0.596. The molecule has 166 valence electrons. The maximum Gasteiger partial charge on any atom is 0.211 e. The van der Waals surface area contributed by atoms with Gasteiger partial charge in [0.25, 0.3) is 0 Å². The van der Waals surface area contributed by atoms with Gasteiger partial charge in [0.1, 0.15) is 17.9 Å². The predicted molar refractivity (Wildman–Crippen MR) is 124 cm³/mol. The molecule has 31 heavy (non-hydrogen) atoms. The summed E-state index contributed by atoms with van der Waals surface area (Å²) in [5.74, 6) is 0.656. The summed E-state index contributed by atoms with van der Waals surface area (Å²) in [4.78, 5) is 15.1. The molecular weight excluding hydrogens is 484 g/mol. The van der Waals surface area contributed by atoms with Gasteiger partial charge in [-0.05, 0) is 18.6 Å². The first-order valence-electron chi connectivity index (χ1n) is 10.2. The summed E-state index contributed by atoms with van der Waals surface area (Å²) < 4.78 is 37.3. The highest BCUT2D eigenvalue weighted by Crippen LogP contribution is 2.28. The summed E-state index contributed by atoms with van der Waals surface area (Å²) in [5.41, 5.74) is 1.14. The number of sulfonamides is 1. The number of hydrogen-bond acceptors (Lipinski definition) is 6. The Hall–Kier alpha value is -1.94. The van der Waals surface area contributed by atoms with E-state index in [4.69, 9.17) is 9.15 Å². The van der Waals surface area contributed by atoms with Crippen LogP contribution in [0.5, 0.6) is 5.75 Å². The van der Waals surface area contributed by atoms with Gasteiger partial charge < -0.3 is 9.15 Å². The van der Waals surface area contributed by atoms with Gasteiger partial charge in [-0.3, -0.25) is 9.69 Å². The van der Waals surface area contributed by atoms with Crippen LogP contribution in [0.3, 0.4) is 0 Å². The van der Waals surface area contributed by atoms with Crippen LogP contribution in [-0.2, 0) is 10.0 Å². The fraction of sp³-hybridized carbons (Fsp3) is 0.409. The van der Waals surface area contributed by atoms with Gasteiger partial charge in [0, 0.05) is 54.8 Å². The van der Waals surface area contributed by atoms with E-state index in [0.29, 0.717) is 61.6 Å². The molecule has 1 aliphatic heterocycles. The van der Waals surface area contributed by atoms with Crippen molar-refractivity contribution in [1.82, 2.24) is 9.21 Å². The van der Waals surface area contributed by atoms with Crippen molar-refractivity contribution in [3.05, 3.63) is 63.0 Å². The summed E-state index contributed by atoms with van der Waals surface area (Å²) in [6, 6.07) is 5.29. The van der Waals surface area contributed by atoms with Crippen LogP contribution in [0.2, 0.25) is 0 Å². The smallest absolute Gasteiger partial charge is 0.211 e. The third kappa shape index (κ3) is 5.28. The first-order valence-corrected chi connectivity index (χ1v) is 12.8. The third-order valence-corrected chi connectivity index (χ3v) is 7.59. The highest BCUT2D eigenvalue weighted by molar-refractivity contribution is 9.11. The Balaban J connectivity index is 1.36. The van der Waals surface area contributed by atoms with E-state index in [2.05, 4.69) is 20.8 Å². The molecule has 2 aromatic rings. The van der Waals surface area contributed by atoms with Crippen molar-refractivity contribution in [3.8, 4) is 5.75 Å². The van der Waals surface area contributed by atoms with Crippen molar-refractivity contribution in [1.29, 1.82) is 0 Å². The van der Waals surface area contributed by atoms with E-state index in [0.717, 1.165) is 10.9 Å². The molecular formula is C22H25BrN2O5S. The number of fused-ring (bicyclic) bond motifs is 1. The number of nitrogens with zero attached hydrogens (tertiary/aromatic N) is 2. The minimum atomic E-state index is -3.12. The zero-order valence-corrected chi connectivity index (χ0v) is 19.7. The van der Waals surface area contributed by atoms with Crippen LogP contribution in [0.25, 0.3) is 11.0 Å². The average molecular weight is 509 g/mol. The molecule has 0 saturated carbocycles. The number of allylic oxidation sites excluding steroid dienone is 4. The van der Waals surface area contributed by atoms with Gasteiger partial charge in [0.15, 0.2) is 5.43 Å². The van der Waals surface area contributed by atoms with Gasteiger partial charge in [-0.25, -0.2) is 8.42 Å². The summed E-state index contributed by atoms with van der Waals surface area (Å²) >= 11 is 3.44. The highest BCUT2D eigenvalue weighted by atomic mass is 79.9. The summed E-state index contributed by atoms with van der Waals surface area (Å²) in [6.07, 6.45) is 9.57. The Morgan fingerprint density at radius 2 is 2.00 bits per heavy atom. The van der Waals surface area contributed by atoms with Gasteiger partial charge >= 0.3 is 0 Å². The molecule has 1 aliphatic carbocycles. The van der Waals surface area contributed by atoms with Gasteiger partial charge in [0.05, 0.1) is 17.9 Å². The first kappa shape index (κ1) is 22.3. The van der Waals surface area contributed by atoms with Gasteiger partial charge in [-0.2, -0.15) is 4.31 Å². The Labute approximate surface area is 190 Å². The predicted octanol–water partition coefficient (Wildman–Crippen LogP) is 3.07. The van der Waals surface area contributed by atoms with Crippen LogP contribution in [0.4, 0.5) is 0 Å². The average Bonchev–Trinajstić information content (AvgIpc) is 2.75. The molecule has 1 atom stereocenters. The van der Waals surface area contributed by atoms with Crippen LogP contribution in [0.1, 0.15) is 17.9 Å². The molecule has 0 N–H and O–H groups in total. The van der Waals surface area contributed by atoms with Crippen molar-refractivity contribution in [2.24, 2.45) is 0 Å². The summed E-state index contributed by atoms with van der Waals surface area (Å²) in [7, 11) is -3.12. The highest BCUT2D eigenvalue weighted by Gasteiger charge is 2.23. The first-order chi connectivity index (χ1) is 14.8. The van der Waals surface area contributed by atoms with E-state index >= 15 is 0 Å².